The van der Waals surface area contributed by atoms with Crippen molar-refractivity contribution in [2.75, 3.05) is 0 Å². The van der Waals surface area contributed by atoms with Gasteiger partial charge in [0, 0.05) is 16.7 Å². The van der Waals surface area contributed by atoms with Crippen molar-refractivity contribution >= 4 is 43.1 Å². The van der Waals surface area contributed by atoms with E-state index in [2.05, 4.69) is 176 Å². The van der Waals surface area contributed by atoms with Gasteiger partial charge in [-0.1, -0.05) is 194 Å². The first-order valence-corrected chi connectivity index (χ1v) is 19.7. The minimum absolute atomic E-state index is 0.633. The van der Waals surface area contributed by atoms with Crippen molar-refractivity contribution in [3.8, 4) is 67.5 Å². The summed E-state index contributed by atoms with van der Waals surface area (Å²) in [6, 6.07) is 75.4. The second-order valence-corrected chi connectivity index (χ2v) is 14.8. The molecule has 0 N–H and O–H groups in total. The van der Waals surface area contributed by atoms with Gasteiger partial charge in [-0.15, -0.1) is 0 Å². The van der Waals surface area contributed by atoms with E-state index in [1.54, 1.807) is 0 Å². The molecule has 270 valence electrons. The van der Waals surface area contributed by atoms with Crippen LogP contribution in [-0.4, -0.2) is 15.0 Å². The molecule has 3 nitrogen and oxygen atoms in total. The van der Waals surface area contributed by atoms with E-state index >= 15 is 0 Å². The molecule has 3 heteroatoms. The quantitative estimate of drug-likeness (QED) is 0.160. The number of rotatable bonds is 6. The molecule has 11 rings (SSSR count). The third kappa shape index (κ3) is 5.89. The maximum absolute atomic E-state index is 5.09. The number of hydrogen-bond donors (Lipinski definition) is 0. The molecule has 58 heavy (non-hydrogen) atoms. The van der Waals surface area contributed by atoms with E-state index in [0.29, 0.717) is 17.5 Å². The average Bonchev–Trinajstić information content (AvgIpc) is 3.32. The summed E-state index contributed by atoms with van der Waals surface area (Å²) >= 11 is 0. The molecule has 0 atom stereocenters. The fourth-order valence-electron chi connectivity index (χ4n) is 8.50. The Hall–Kier alpha value is -7.75. The predicted molar refractivity (Wildman–Crippen MR) is 242 cm³/mol. The van der Waals surface area contributed by atoms with E-state index in [-0.39, 0.29) is 0 Å². The minimum atomic E-state index is 0.633. The molecule has 0 fully saturated rings. The van der Waals surface area contributed by atoms with Gasteiger partial charge in [-0.2, -0.15) is 0 Å². The second-order valence-electron chi connectivity index (χ2n) is 14.8. The lowest BCUT2D eigenvalue weighted by atomic mass is 9.87. The van der Waals surface area contributed by atoms with Gasteiger partial charge in [0.25, 0.3) is 0 Å². The van der Waals surface area contributed by atoms with Gasteiger partial charge in [0.15, 0.2) is 17.5 Å². The number of fused-ring (bicyclic) bond motifs is 8. The highest BCUT2D eigenvalue weighted by Gasteiger charge is 2.17. The van der Waals surface area contributed by atoms with Crippen LogP contribution in [-0.2, 0) is 0 Å². The van der Waals surface area contributed by atoms with E-state index in [1.807, 2.05) is 36.4 Å². The van der Waals surface area contributed by atoms with Crippen molar-refractivity contribution in [1.29, 1.82) is 0 Å². The molecule has 0 amide bonds. The monoisotopic (exact) mass is 737 g/mol. The lowest BCUT2D eigenvalue weighted by Crippen LogP contribution is -2.00. The van der Waals surface area contributed by atoms with Gasteiger partial charge in [0.05, 0.1) is 0 Å². The summed E-state index contributed by atoms with van der Waals surface area (Å²) in [7, 11) is 0. The summed E-state index contributed by atoms with van der Waals surface area (Å²) in [5, 5.41) is 10.2. The maximum Gasteiger partial charge on any atom is 0.164 e. The summed E-state index contributed by atoms with van der Waals surface area (Å²) in [6.07, 6.45) is 0. The van der Waals surface area contributed by atoms with Crippen LogP contribution in [0.25, 0.3) is 111 Å². The van der Waals surface area contributed by atoms with Crippen LogP contribution in [0.4, 0.5) is 0 Å². The fraction of sp³-hybridized carbons (Fsp3) is 0. The first kappa shape index (κ1) is 33.6. The van der Waals surface area contributed by atoms with Gasteiger partial charge in [0.2, 0.25) is 0 Å². The third-order valence-corrected chi connectivity index (χ3v) is 11.3. The topological polar surface area (TPSA) is 38.7 Å². The second kappa shape index (κ2) is 14.1. The highest BCUT2D eigenvalue weighted by atomic mass is 15.0. The average molecular weight is 738 g/mol. The molecule has 11 aromatic rings. The zero-order chi connectivity index (χ0) is 38.4. The van der Waals surface area contributed by atoms with Crippen LogP contribution in [0.15, 0.2) is 212 Å². The molecule has 0 aliphatic carbocycles. The van der Waals surface area contributed by atoms with Crippen molar-refractivity contribution in [1.82, 2.24) is 15.0 Å². The van der Waals surface area contributed by atoms with Crippen molar-refractivity contribution < 1.29 is 0 Å². The summed E-state index contributed by atoms with van der Waals surface area (Å²) in [6.45, 7) is 0. The number of hydrogen-bond acceptors (Lipinski definition) is 3. The Morgan fingerprint density at radius 3 is 1.19 bits per heavy atom. The van der Waals surface area contributed by atoms with Crippen molar-refractivity contribution in [3.63, 3.8) is 0 Å². The van der Waals surface area contributed by atoms with Crippen LogP contribution in [0, 0.1) is 0 Å². The predicted octanol–water partition coefficient (Wildman–Crippen LogP) is 14.5. The molecule has 0 aliphatic rings. The normalized spacial score (nSPS) is 11.4. The molecule has 10 aromatic carbocycles. The van der Waals surface area contributed by atoms with Crippen LogP contribution >= 0.6 is 0 Å². The lowest BCUT2D eigenvalue weighted by molar-refractivity contribution is 1.07. The summed E-state index contributed by atoms with van der Waals surface area (Å²) in [4.78, 5) is 15.1. The molecule has 0 bridgehead atoms. The Balaban J connectivity index is 1.03. The molecule has 0 aliphatic heterocycles. The van der Waals surface area contributed by atoms with Crippen LogP contribution < -0.4 is 0 Å². The summed E-state index contributed by atoms with van der Waals surface area (Å²) in [5.74, 6) is 1.91. The van der Waals surface area contributed by atoms with E-state index in [9.17, 15) is 0 Å². The van der Waals surface area contributed by atoms with Gasteiger partial charge < -0.3 is 0 Å². The summed E-state index contributed by atoms with van der Waals surface area (Å²) in [5.41, 5.74) is 9.74. The van der Waals surface area contributed by atoms with Gasteiger partial charge in [-0.3, -0.25) is 0 Å². The van der Waals surface area contributed by atoms with Crippen molar-refractivity contribution in [3.05, 3.63) is 212 Å². The number of nitrogens with zero attached hydrogens (tertiary/aromatic N) is 3. The number of aromatic nitrogens is 3. The van der Waals surface area contributed by atoms with E-state index in [4.69, 9.17) is 15.0 Å². The lowest BCUT2D eigenvalue weighted by Gasteiger charge is -2.16. The molecule has 0 saturated heterocycles. The van der Waals surface area contributed by atoms with Crippen LogP contribution in [0.1, 0.15) is 0 Å². The summed E-state index contributed by atoms with van der Waals surface area (Å²) < 4.78 is 0. The van der Waals surface area contributed by atoms with Gasteiger partial charge in [-0.05, 0) is 94.7 Å². The molecule has 0 spiro atoms. The molecular formula is C55H35N3. The van der Waals surface area contributed by atoms with E-state index in [1.165, 1.54) is 59.8 Å². The molecule has 0 radical (unpaired) electrons. The van der Waals surface area contributed by atoms with Gasteiger partial charge in [0.1, 0.15) is 0 Å². The first-order chi connectivity index (χ1) is 28.7. The third-order valence-electron chi connectivity index (χ3n) is 11.3. The molecule has 0 unspecified atom stereocenters. The Morgan fingerprint density at radius 2 is 0.569 bits per heavy atom. The van der Waals surface area contributed by atoms with E-state index < -0.39 is 0 Å². The van der Waals surface area contributed by atoms with Crippen LogP contribution in [0.3, 0.4) is 0 Å². The molecule has 0 saturated carbocycles. The highest BCUT2D eigenvalue weighted by molar-refractivity contribution is 6.33. The smallest absolute Gasteiger partial charge is 0.164 e. The largest absolute Gasteiger partial charge is 0.208 e. The van der Waals surface area contributed by atoms with E-state index in [0.717, 1.165) is 33.4 Å². The van der Waals surface area contributed by atoms with Gasteiger partial charge in [-0.25, -0.2) is 15.0 Å². The zero-order valence-corrected chi connectivity index (χ0v) is 31.5. The Kier molecular flexibility index (Phi) is 8.15. The molecular weight excluding hydrogens is 703 g/mol. The Bertz CT molecular complexity index is 3320. The molecule has 1 aromatic heterocycles. The van der Waals surface area contributed by atoms with Crippen LogP contribution in [0.5, 0.6) is 0 Å². The minimum Gasteiger partial charge on any atom is -0.208 e. The SMILES string of the molecule is c1ccc(-c2ccc(-c3nc(-c4ccccc4)nc(-c4cccc(-c5cccc(-c6cc7c8ccccc8c8ccccc8c7c7ccccc67)c5)c4)n3)cc2)cc1. The first-order valence-electron chi connectivity index (χ1n) is 19.7. The van der Waals surface area contributed by atoms with Crippen molar-refractivity contribution in [2.45, 2.75) is 0 Å². The fourth-order valence-corrected chi connectivity index (χ4v) is 8.50. The zero-order valence-electron chi connectivity index (χ0n) is 31.5. The van der Waals surface area contributed by atoms with Gasteiger partial charge >= 0.3 is 0 Å². The maximum atomic E-state index is 5.09. The highest BCUT2D eigenvalue weighted by Crippen LogP contribution is 2.43. The standard InChI is InChI=1S/C55H35N3/c1-3-15-36(16-4-1)37-29-31-39(32-30-37)54-56-53(38-17-5-2-6-18-38)57-55(58-54)43-22-14-20-41(34-43)40-19-13-21-42(33-40)50-35-51-46-25-8-7-23-44(46)45-24-9-11-27-48(45)52(51)49-28-12-10-26-47(49)50/h1-35H. The Morgan fingerprint density at radius 1 is 0.207 bits per heavy atom. The number of benzene rings is 10. The van der Waals surface area contributed by atoms with Crippen LogP contribution in [0.2, 0.25) is 0 Å². The Labute approximate surface area is 336 Å². The molecule has 1 heterocycles. The van der Waals surface area contributed by atoms with Crippen molar-refractivity contribution in [2.24, 2.45) is 0 Å².